The van der Waals surface area contributed by atoms with Gasteiger partial charge in [-0.2, -0.15) is 0 Å². The average Bonchev–Trinajstić information content (AvgIpc) is 0.999. The maximum Gasteiger partial charge on any atom is 0.122 e. The number of rotatable bonds is 12. The molecule has 460 valence electrons. The molecule has 0 heterocycles. The highest BCUT2D eigenvalue weighted by molar-refractivity contribution is 5.92. The molecule has 0 aromatic heterocycles. The molecule has 12 nitrogen and oxygen atoms in total. The molecular formula is C78H76O12. The molecule has 12 rings (SSSR count). The molecule has 12 aromatic rings. The lowest BCUT2D eigenvalue weighted by Gasteiger charge is -2.16. The Bertz CT molecular complexity index is 4090. The van der Waals surface area contributed by atoms with Gasteiger partial charge in [-0.05, 0) is 223 Å². The van der Waals surface area contributed by atoms with E-state index in [0.717, 1.165) is 65.3 Å². The predicted molar refractivity (Wildman–Crippen MR) is 360 cm³/mol. The van der Waals surface area contributed by atoms with Gasteiger partial charge < -0.3 is 61.3 Å². The van der Waals surface area contributed by atoms with Crippen molar-refractivity contribution in [3.05, 3.63) is 259 Å². The van der Waals surface area contributed by atoms with Gasteiger partial charge in [0.15, 0.2) is 0 Å². The second kappa shape index (κ2) is 27.1. The first kappa shape index (κ1) is 63.8. The molecule has 12 heteroatoms. The summed E-state index contributed by atoms with van der Waals surface area (Å²) >= 11 is 0. The second-order valence-corrected chi connectivity index (χ2v) is 22.6. The van der Waals surface area contributed by atoms with Gasteiger partial charge in [-0.15, -0.1) is 0 Å². The van der Waals surface area contributed by atoms with E-state index in [1.165, 1.54) is 0 Å². The fourth-order valence-electron chi connectivity index (χ4n) is 12.1. The van der Waals surface area contributed by atoms with Crippen LogP contribution in [0.4, 0.5) is 0 Å². The van der Waals surface area contributed by atoms with Crippen molar-refractivity contribution in [2.75, 3.05) is 0 Å². The zero-order valence-electron chi connectivity index (χ0n) is 51.8. The number of hydrogen-bond acceptors (Lipinski definition) is 12. The Morgan fingerprint density at radius 2 is 0.422 bits per heavy atom. The standard InChI is InChI=1S/2C37H32O6.2C2H6/c2*1-20-11-22(14-26(36(20)42)18-32-30-7-5-28(38)16-24(30)3-9-34(32)40)13-23-12-21(2)37(43)27(15-23)19-33-31-8-6-29(39)17-25(31)4-10-35(33)41;2*1-2/h2*3-12,14-17,38-43H,13,18-19H2,1-2H3;2*1-2H3. The van der Waals surface area contributed by atoms with Gasteiger partial charge in [-0.25, -0.2) is 0 Å². The minimum atomic E-state index is 0.117. The third-order valence-corrected chi connectivity index (χ3v) is 16.4. The van der Waals surface area contributed by atoms with Crippen molar-refractivity contribution in [1.29, 1.82) is 0 Å². The summed E-state index contributed by atoms with van der Waals surface area (Å²) in [6.45, 7) is 15.4. The monoisotopic (exact) mass is 1200 g/mol. The zero-order chi connectivity index (χ0) is 64.8. The molecule has 0 aliphatic heterocycles. The van der Waals surface area contributed by atoms with Crippen molar-refractivity contribution in [2.24, 2.45) is 0 Å². The quantitative estimate of drug-likeness (QED) is 0.0547. The molecule has 0 spiro atoms. The van der Waals surface area contributed by atoms with Crippen LogP contribution in [0.3, 0.4) is 0 Å². The van der Waals surface area contributed by atoms with Crippen LogP contribution in [-0.4, -0.2) is 61.3 Å². The second-order valence-electron chi connectivity index (χ2n) is 22.6. The van der Waals surface area contributed by atoms with E-state index < -0.39 is 0 Å². The first-order valence-corrected chi connectivity index (χ1v) is 30.1. The number of fused-ring (bicyclic) bond motifs is 4. The van der Waals surface area contributed by atoms with Gasteiger partial charge in [0.05, 0.1) is 0 Å². The Hall–Kier alpha value is -10.7. The highest BCUT2D eigenvalue weighted by Crippen LogP contribution is 2.41. The number of benzene rings is 12. The normalized spacial score (nSPS) is 11.0. The SMILES string of the molecule is CC.CC.Cc1cc(Cc2cc(C)c(O)c(Cc3c(O)ccc4cc(O)ccc34)c2)cc(Cc2c(O)ccc3cc(O)ccc23)c1O.Cc1cc(Cc2cc(C)c(O)c(Cc3c(O)ccc4cc(O)ccc34)c2)cc(Cc2c(O)ccc3cc(O)ccc23)c1O. The van der Waals surface area contributed by atoms with Crippen molar-refractivity contribution in [1.82, 2.24) is 0 Å². The molecule has 0 aliphatic carbocycles. The molecule has 0 amide bonds. The molecule has 0 aliphatic rings. The van der Waals surface area contributed by atoms with Crippen LogP contribution >= 0.6 is 0 Å². The maximum atomic E-state index is 11.0. The van der Waals surface area contributed by atoms with Gasteiger partial charge in [0.1, 0.15) is 69.0 Å². The molecule has 0 bridgehead atoms. The van der Waals surface area contributed by atoms with Crippen molar-refractivity contribution < 1.29 is 61.3 Å². The van der Waals surface area contributed by atoms with Gasteiger partial charge in [-0.3, -0.25) is 0 Å². The Labute approximate surface area is 523 Å². The minimum Gasteiger partial charge on any atom is -0.508 e. The van der Waals surface area contributed by atoms with Gasteiger partial charge in [-0.1, -0.05) is 125 Å². The van der Waals surface area contributed by atoms with Crippen LogP contribution in [0.2, 0.25) is 0 Å². The smallest absolute Gasteiger partial charge is 0.122 e. The third-order valence-electron chi connectivity index (χ3n) is 16.4. The summed E-state index contributed by atoms with van der Waals surface area (Å²) in [7, 11) is 0. The lowest BCUT2D eigenvalue weighted by molar-refractivity contribution is 0.459. The summed E-state index contributed by atoms with van der Waals surface area (Å²) in [4.78, 5) is 0. The van der Waals surface area contributed by atoms with E-state index in [1.54, 1.807) is 121 Å². The summed E-state index contributed by atoms with van der Waals surface area (Å²) in [5, 5.41) is 133. The summed E-state index contributed by atoms with van der Waals surface area (Å²) in [6.07, 6.45) is 2.25. The molecule has 12 aromatic carbocycles. The Morgan fingerprint density at radius 3 is 0.622 bits per heavy atom. The van der Waals surface area contributed by atoms with Crippen molar-refractivity contribution in [3.8, 4) is 69.0 Å². The van der Waals surface area contributed by atoms with Gasteiger partial charge in [0.25, 0.3) is 0 Å². The topological polar surface area (TPSA) is 243 Å². The molecule has 0 radical (unpaired) electrons. The van der Waals surface area contributed by atoms with E-state index in [9.17, 15) is 61.3 Å². The first-order valence-electron chi connectivity index (χ1n) is 30.1. The van der Waals surface area contributed by atoms with Crippen LogP contribution < -0.4 is 0 Å². The zero-order valence-corrected chi connectivity index (χ0v) is 51.8. The van der Waals surface area contributed by atoms with Crippen LogP contribution in [0.1, 0.15) is 117 Å². The third kappa shape index (κ3) is 13.7. The highest BCUT2D eigenvalue weighted by atomic mass is 16.3. The summed E-state index contributed by atoms with van der Waals surface area (Å²) in [5.41, 5.74) is 12.0. The van der Waals surface area contributed by atoms with Crippen LogP contribution in [0.5, 0.6) is 69.0 Å². The van der Waals surface area contributed by atoms with Crippen molar-refractivity contribution in [2.45, 2.75) is 93.9 Å². The van der Waals surface area contributed by atoms with E-state index >= 15 is 0 Å². The van der Waals surface area contributed by atoms with E-state index in [1.807, 2.05) is 104 Å². The van der Waals surface area contributed by atoms with Crippen LogP contribution in [0, 0.1) is 27.7 Å². The fraction of sp³-hybridized carbons (Fsp3) is 0.179. The Morgan fingerprint density at radius 1 is 0.222 bits per heavy atom. The molecule has 12 N–H and O–H groups in total. The summed E-state index contributed by atoms with van der Waals surface area (Å²) < 4.78 is 0. The minimum absolute atomic E-state index is 0.117. The summed E-state index contributed by atoms with van der Waals surface area (Å²) in [6, 6.07) is 48.9. The number of phenolic OH excluding ortho intramolecular Hbond substituents is 12. The average molecular weight is 1210 g/mol. The molecule has 0 saturated heterocycles. The highest BCUT2D eigenvalue weighted by Gasteiger charge is 2.20. The van der Waals surface area contributed by atoms with Gasteiger partial charge >= 0.3 is 0 Å². The number of aryl methyl sites for hydroxylation is 4. The van der Waals surface area contributed by atoms with Crippen LogP contribution in [-0.2, 0) is 38.5 Å². The van der Waals surface area contributed by atoms with Crippen molar-refractivity contribution in [3.63, 3.8) is 0 Å². The van der Waals surface area contributed by atoms with Crippen molar-refractivity contribution >= 4 is 43.1 Å². The number of phenols is 12. The van der Waals surface area contributed by atoms with E-state index in [4.69, 9.17) is 0 Å². The predicted octanol–water partition coefficient (Wildman–Crippen LogP) is 17.3. The first-order chi connectivity index (χ1) is 43.1. The van der Waals surface area contributed by atoms with E-state index in [2.05, 4.69) is 0 Å². The molecule has 0 atom stereocenters. The Balaban J connectivity index is 0.000000202. The lowest BCUT2D eigenvalue weighted by Crippen LogP contribution is -1.99. The number of aromatic hydroxyl groups is 12. The van der Waals surface area contributed by atoms with Crippen LogP contribution in [0.25, 0.3) is 43.1 Å². The lowest BCUT2D eigenvalue weighted by atomic mass is 9.91. The van der Waals surface area contributed by atoms with Crippen LogP contribution in [0.15, 0.2) is 170 Å². The van der Waals surface area contributed by atoms with Gasteiger partial charge in [0.2, 0.25) is 0 Å². The molecule has 0 saturated carbocycles. The van der Waals surface area contributed by atoms with Gasteiger partial charge in [0, 0.05) is 47.9 Å². The summed E-state index contributed by atoms with van der Waals surface area (Å²) in [5.74, 6) is 1.70. The maximum absolute atomic E-state index is 11.0. The molecular weight excluding hydrogens is 1130 g/mol. The van der Waals surface area contributed by atoms with E-state index in [0.29, 0.717) is 105 Å². The fourth-order valence-corrected chi connectivity index (χ4v) is 12.1. The molecule has 90 heavy (non-hydrogen) atoms. The molecule has 0 unspecified atom stereocenters. The van der Waals surface area contributed by atoms with E-state index in [-0.39, 0.29) is 69.0 Å². The molecule has 0 fully saturated rings. The largest absolute Gasteiger partial charge is 0.508 e. The Kier molecular flexibility index (Phi) is 19.2. The number of hydrogen-bond donors (Lipinski definition) is 12.